The summed E-state index contributed by atoms with van der Waals surface area (Å²) >= 11 is 5.90. The Balaban J connectivity index is 1.83. The van der Waals surface area contributed by atoms with Crippen LogP contribution in [0.3, 0.4) is 0 Å². The second-order valence-corrected chi connectivity index (χ2v) is 5.91. The van der Waals surface area contributed by atoms with E-state index in [1.807, 2.05) is 26.0 Å². The number of halogens is 1. The molecule has 0 aliphatic carbocycles. The molecule has 19 heavy (non-hydrogen) atoms. The molecule has 1 amide bonds. The Bertz CT molecular complexity index is 430. The first-order chi connectivity index (χ1) is 9.06. The molecule has 1 atom stereocenters. The molecule has 0 radical (unpaired) electrons. The minimum atomic E-state index is 0.0637. The lowest BCUT2D eigenvalue weighted by atomic mass is 10.1. The third-order valence-corrected chi connectivity index (χ3v) is 3.82. The maximum absolute atomic E-state index is 11.5. The van der Waals surface area contributed by atoms with Gasteiger partial charge in [-0.05, 0) is 36.6 Å². The molecule has 0 aromatic heterocycles. The zero-order chi connectivity index (χ0) is 13.8. The van der Waals surface area contributed by atoms with Gasteiger partial charge >= 0.3 is 0 Å². The highest BCUT2D eigenvalue weighted by Crippen LogP contribution is 2.24. The number of nitrogens with one attached hydrogen (secondary N) is 1. The van der Waals surface area contributed by atoms with Crippen LogP contribution in [0.15, 0.2) is 24.3 Å². The van der Waals surface area contributed by atoms with E-state index in [1.54, 1.807) is 0 Å². The van der Waals surface area contributed by atoms with Gasteiger partial charge in [0.05, 0.1) is 0 Å². The Morgan fingerprint density at radius 3 is 2.74 bits per heavy atom. The number of nitrogens with zero attached hydrogens (tertiary/aromatic N) is 1. The lowest BCUT2D eigenvalue weighted by molar-refractivity contribution is -0.124. The quantitative estimate of drug-likeness (QED) is 0.920. The van der Waals surface area contributed by atoms with Crippen LogP contribution in [0.1, 0.15) is 20.3 Å². The predicted octanol–water partition coefficient (Wildman–Crippen LogP) is 2.94. The second kappa shape index (κ2) is 6.29. The molecule has 1 aliphatic rings. The summed E-state index contributed by atoms with van der Waals surface area (Å²) in [5.41, 5.74) is 1.21. The second-order valence-electron chi connectivity index (χ2n) is 5.48. The lowest BCUT2D eigenvalue weighted by Crippen LogP contribution is -2.33. The molecule has 4 heteroatoms. The van der Waals surface area contributed by atoms with E-state index >= 15 is 0 Å². The third-order valence-electron chi connectivity index (χ3n) is 3.57. The van der Waals surface area contributed by atoms with Crippen molar-refractivity contribution in [3.05, 3.63) is 29.3 Å². The maximum Gasteiger partial charge on any atom is 0.222 e. The lowest BCUT2D eigenvalue weighted by Gasteiger charge is -2.19. The zero-order valence-electron chi connectivity index (χ0n) is 11.5. The van der Waals surface area contributed by atoms with Crippen LogP contribution in [0.5, 0.6) is 0 Å². The molecular formula is C15H21ClN2O. The van der Waals surface area contributed by atoms with Gasteiger partial charge in [0.1, 0.15) is 0 Å². The Kier molecular flexibility index (Phi) is 4.70. The number of carbonyl (C=O) groups excluding carboxylic acids is 1. The van der Waals surface area contributed by atoms with Crippen molar-refractivity contribution in [1.29, 1.82) is 0 Å². The SMILES string of the molecule is CC(C)C(=O)NC[C@@H]1CCN(c2ccc(Cl)cc2)C1. The van der Waals surface area contributed by atoms with E-state index in [0.717, 1.165) is 31.1 Å². The van der Waals surface area contributed by atoms with Crippen molar-refractivity contribution in [2.45, 2.75) is 20.3 Å². The van der Waals surface area contributed by atoms with E-state index in [1.165, 1.54) is 5.69 Å². The van der Waals surface area contributed by atoms with Crippen LogP contribution in [-0.2, 0) is 4.79 Å². The van der Waals surface area contributed by atoms with Crippen LogP contribution in [0.2, 0.25) is 5.02 Å². The molecule has 1 aromatic carbocycles. The number of rotatable bonds is 4. The smallest absolute Gasteiger partial charge is 0.222 e. The van der Waals surface area contributed by atoms with Gasteiger partial charge in [-0.3, -0.25) is 4.79 Å². The van der Waals surface area contributed by atoms with Crippen LogP contribution in [0.25, 0.3) is 0 Å². The Morgan fingerprint density at radius 2 is 2.11 bits per heavy atom. The first-order valence-corrected chi connectivity index (χ1v) is 7.22. The highest BCUT2D eigenvalue weighted by Gasteiger charge is 2.23. The molecule has 1 aliphatic heterocycles. The number of benzene rings is 1. The summed E-state index contributed by atoms with van der Waals surface area (Å²) in [6, 6.07) is 7.95. The van der Waals surface area contributed by atoms with Gasteiger partial charge < -0.3 is 10.2 Å². The summed E-state index contributed by atoms with van der Waals surface area (Å²) in [5.74, 6) is 0.747. The number of hydrogen-bond donors (Lipinski definition) is 1. The van der Waals surface area contributed by atoms with E-state index in [2.05, 4.69) is 22.3 Å². The number of amides is 1. The van der Waals surface area contributed by atoms with E-state index in [-0.39, 0.29) is 11.8 Å². The van der Waals surface area contributed by atoms with Crippen molar-refractivity contribution in [2.75, 3.05) is 24.5 Å². The van der Waals surface area contributed by atoms with Crippen molar-refractivity contribution in [1.82, 2.24) is 5.32 Å². The predicted molar refractivity (Wildman–Crippen MR) is 79.6 cm³/mol. The molecule has 0 saturated carbocycles. The Hall–Kier alpha value is -1.22. The summed E-state index contributed by atoms with van der Waals surface area (Å²) in [7, 11) is 0. The molecule has 1 saturated heterocycles. The molecular weight excluding hydrogens is 260 g/mol. The maximum atomic E-state index is 11.5. The molecule has 1 fully saturated rings. The third kappa shape index (κ3) is 3.87. The Labute approximate surface area is 119 Å². The summed E-state index contributed by atoms with van der Waals surface area (Å²) in [5, 5.41) is 3.79. The molecule has 0 bridgehead atoms. The Morgan fingerprint density at radius 1 is 1.42 bits per heavy atom. The monoisotopic (exact) mass is 280 g/mol. The van der Waals surface area contributed by atoms with Crippen molar-refractivity contribution >= 4 is 23.2 Å². The van der Waals surface area contributed by atoms with Gasteiger partial charge in [-0.1, -0.05) is 25.4 Å². The molecule has 0 spiro atoms. The normalized spacial score (nSPS) is 18.9. The molecule has 1 aromatic rings. The molecule has 104 valence electrons. The molecule has 0 unspecified atom stereocenters. The van der Waals surface area contributed by atoms with Crippen LogP contribution in [-0.4, -0.2) is 25.5 Å². The fourth-order valence-corrected chi connectivity index (χ4v) is 2.46. The summed E-state index contributed by atoms with van der Waals surface area (Å²) in [6.45, 7) is 6.67. The number of carbonyl (C=O) groups is 1. The van der Waals surface area contributed by atoms with Gasteiger partial charge in [-0.15, -0.1) is 0 Å². The number of hydrogen-bond acceptors (Lipinski definition) is 2. The van der Waals surface area contributed by atoms with Crippen LogP contribution >= 0.6 is 11.6 Å². The van der Waals surface area contributed by atoms with Gasteiger partial charge in [0.2, 0.25) is 5.91 Å². The summed E-state index contributed by atoms with van der Waals surface area (Å²) in [6.07, 6.45) is 1.13. The van der Waals surface area contributed by atoms with Crippen molar-refractivity contribution in [2.24, 2.45) is 11.8 Å². The molecule has 2 rings (SSSR count). The van der Waals surface area contributed by atoms with E-state index in [9.17, 15) is 4.79 Å². The average molecular weight is 281 g/mol. The summed E-state index contributed by atoms with van der Waals surface area (Å²) in [4.78, 5) is 13.9. The van der Waals surface area contributed by atoms with Crippen LogP contribution in [0, 0.1) is 11.8 Å². The molecule has 1 heterocycles. The van der Waals surface area contributed by atoms with Crippen molar-refractivity contribution < 1.29 is 4.79 Å². The highest BCUT2D eigenvalue weighted by molar-refractivity contribution is 6.30. The van der Waals surface area contributed by atoms with Gasteiger partial charge in [-0.2, -0.15) is 0 Å². The molecule has 3 nitrogen and oxygen atoms in total. The van der Waals surface area contributed by atoms with E-state index in [4.69, 9.17) is 11.6 Å². The minimum Gasteiger partial charge on any atom is -0.371 e. The topological polar surface area (TPSA) is 32.3 Å². The standard InChI is InChI=1S/C15H21ClN2O/c1-11(2)15(19)17-9-12-7-8-18(10-12)14-5-3-13(16)4-6-14/h3-6,11-12H,7-10H2,1-2H3,(H,17,19)/t12-/m0/s1. The minimum absolute atomic E-state index is 0.0637. The number of anilines is 1. The summed E-state index contributed by atoms with van der Waals surface area (Å²) < 4.78 is 0. The van der Waals surface area contributed by atoms with Crippen molar-refractivity contribution in [3.63, 3.8) is 0 Å². The van der Waals surface area contributed by atoms with Crippen LogP contribution < -0.4 is 10.2 Å². The first kappa shape index (κ1) is 14.2. The fourth-order valence-electron chi connectivity index (χ4n) is 2.33. The average Bonchev–Trinajstić information content (AvgIpc) is 2.85. The van der Waals surface area contributed by atoms with Gasteiger partial charge in [0, 0.05) is 36.3 Å². The van der Waals surface area contributed by atoms with Gasteiger partial charge in [-0.25, -0.2) is 0 Å². The first-order valence-electron chi connectivity index (χ1n) is 6.84. The fraction of sp³-hybridized carbons (Fsp3) is 0.533. The van der Waals surface area contributed by atoms with Crippen molar-refractivity contribution in [3.8, 4) is 0 Å². The largest absolute Gasteiger partial charge is 0.371 e. The van der Waals surface area contributed by atoms with E-state index in [0.29, 0.717) is 5.92 Å². The van der Waals surface area contributed by atoms with Gasteiger partial charge in [0.15, 0.2) is 0 Å². The highest BCUT2D eigenvalue weighted by atomic mass is 35.5. The van der Waals surface area contributed by atoms with E-state index < -0.39 is 0 Å². The van der Waals surface area contributed by atoms with Gasteiger partial charge in [0.25, 0.3) is 0 Å². The van der Waals surface area contributed by atoms with Crippen LogP contribution in [0.4, 0.5) is 5.69 Å². The molecule has 1 N–H and O–H groups in total. The zero-order valence-corrected chi connectivity index (χ0v) is 12.3.